The topological polar surface area (TPSA) is 150 Å². The van der Waals surface area contributed by atoms with Crippen LogP contribution in [0.4, 0.5) is 10.1 Å². The Morgan fingerprint density at radius 1 is 1.07 bits per heavy atom. The van der Waals surface area contributed by atoms with Crippen molar-refractivity contribution in [1.29, 1.82) is 0 Å². The van der Waals surface area contributed by atoms with Crippen molar-refractivity contribution in [2.75, 3.05) is 18.5 Å². The average Bonchev–Trinajstić information content (AvgIpc) is 3.04. The van der Waals surface area contributed by atoms with E-state index in [1.54, 1.807) is 6.07 Å². The summed E-state index contributed by atoms with van der Waals surface area (Å²) in [6.07, 6.45) is 0. The number of anilines is 1. The lowest BCUT2D eigenvalue weighted by atomic mass is 10.3. The molecule has 0 unspecified atom stereocenters. The molecular weight excluding hydrogens is 407 g/mol. The Morgan fingerprint density at radius 2 is 1.79 bits per heavy atom. The predicted molar refractivity (Wildman–Crippen MR) is 100 cm³/mol. The van der Waals surface area contributed by atoms with Crippen LogP contribution in [0, 0.1) is 5.82 Å². The molecule has 0 spiro atoms. The van der Waals surface area contributed by atoms with Crippen LogP contribution >= 0.6 is 0 Å². The lowest BCUT2D eigenvalue weighted by Crippen LogP contribution is -2.32. The van der Waals surface area contributed by atoms with Crippen LogP contribution in [0.2, 0.25) is 0 Å². The molecule has 1 aromatic heterocycles. The van der Waals surface area contributed by atoms with E-state index in [2.05, 4.69) is 15.3 Å². The van der Waals surface area contributed by atoms with Crippen LogP contribution in [0.25, 0.3) is 11.0 Å². The molecule has 0 radical (unpaired) electrons. The average molecular weight is 422 g/mol. The number of imidazole rings is 1. The van der Waals surface area contributed by atoms with Crippen molar-refractivity contribution >= 4 is 38.6 Å². The van der Waals surface area contributed by atoms with Crippen LogP contribution in [-0.4, -0.2) is 43.4 Å². The van der Waals surface area contributed by atoms with Crippen molar-refractivity contribution in [2.24, 2.45) is 0 Å². The zero-order chi connectivity index (χ0) is 21.0. The molecule has 0 saturated heterocycles. The summed E-state index contributed by atoms with van der Waals surface area (Å²) in [6.45, 7) is -1.44. The van der Waals surface area contributed by atoms with E-state index in [4.69, 9.17) is 4.74 Å². The zero-order valence-electron chi connectivity index (χ0n) is 14.7. The molecular formula is C17H15FN4O6S. The Bertz CT molecular complexity index is 1230. The quantitative estimate of drug-likeness (QED) is 0.406. The highest BCUT2D eigenvalue weighted by molar-refractivity contribution is 7.89. The number of hydrogen-bond acceptors (Lipinski definition) is 6. The summed E-state index contributed by atoms with van der Waals surface area (Å²) in [7, 11) is -4.25. The summed E-state index contributed by atoms with van der Waals surface area (Å²) in [5, 5.41) is 2.46. The Balaban J connectivity index is 1.50. The summed E-state index contributed by atoms with van der Waals surface area (Å²) in [4.78, 5) is 39.2. The van der Waals surface area contributed by atoms with E-state index in [0.717, 1.165) is 12.1 Å². The van der Waals surface area contributed by atoms with Crippen molar-refractivity contribution in [3.63, 3.8) is 0 Å². The molecule has 0 atom stereocenters. The maximum Gasteiger partial charge on any atom is 0.323 e. The highest BCUT2D eigenvalue weighted by atomic mass is 32.2. The van der Waals surface area contributed by atoms with Gasteiger partial charge in [0.1, 0.15) is 17.3 Å². The van der Waals surface area contributed by atoms with E-state index in [1.165, 1.54) is 24.3 Å². The zero-order valence-corrected chi connectivity index (χ0v) is 15.5. The van der Waals surface area contributed by atoms with Crippen LogP contribution in [0.15, 0.2) is 52.2 Å². The first-order chi connectivity index (χ1) is 13.7. The minimum absolute atomic E-state index is 0.356. The minimum atomic E-state index is -4.25. The van der Waals surface area contributed by atoms with Crippen molar-refractivity contribution in [2.45, 2.75) is 4.90 Å². The summed E-state index contributed by atoms with van der Waals surface area (Å²) in [5.41, 5.74) is 0.998. The van der Waals surface area contributed by atoms with Gasteiger partial charge in [0, 0.05) is 5.69 Å². The van der Waals surface area contributed by atoms with Gasteiger partial charge in [0.15, 0.2) is 6.61 Å². The van der Waals surface area contributed by atoms with Crippen molar-refractivity contribution in [1.82, 2.24) is 14.7 Å². The summed E-state index contributed by atoms with van der Waals surface area (Å²) in [6, 6.07) is 9.30. The van der Waals surface area contributed by atoms with Gasteiger partial charge < -0.3 is 20.0 Å². The second-order valence-corrected chi connectivity index (χ2v) is 7.54. The van der Waals surface area contributed by atoms with Gasteiger partial charge in [0.25, 0.3) is 5.91 Å². The summed E-state index contributed by atoms with van der Waals surface area (Å²) < 4.78 is 44.1. The van der Waals surface area contributed by atoms with E-state index in [9.17, 15) is 27.2 Å². The predicted octanol–water partition coefficient (Wildman–Crippen LogP) is 0.455. The van der Waals surface area contributed by atoms with E-state index < -0.39 is 51.5 Å². The van der Waals surface area contributed by atoms with E-state index in [0.29, 0.717) is 16.7 Å². The van der Waals surface area contributed by atoms with E-state index >= 15 is 0 Å². The first-order valence-electron chi connectivity index (χ1n) is 8.16. The van der Waals surface area contributed by atoms with Gasteiger partial charge in [-0.15, -0.1) is 0 Å². The SMILES string of the molecule is O=C(COC(=O)CNS(=O)(=O)c1ccccc1F)Nc1ccc2[nH]c(=O)[nH]c2c1. The summed E-state index contributed by atoms with van der Waals surface area (Å²) >= 11 is 0. The fraction of sp³-hybridized carbons (Fsp3) is 0.118. The number of amides is 1. The fourth-order valence-electron chi connectivity index (χ4n) is 2.40. The number of hydrogen-bond donors (Lipinski definition) is 4. The maximum atomic E-state index is 13.6. The number of benzene rings is 2. The molecule has 3 aromatic rings. The first-order valence-corrected chi connectivity index (χ1v) is 9.64. The van der Waals surface area contributed by atoms with Crippen molar-refractivity contribution in [3.05, 3.63) is 58.8 Å². The first kappa shape index (κ1) is 20.2. The van der Waals surface area contributed by atoms with Gasteiger partial charge in [-0.2, -0.15) is 4.72 Å². The molecule has 0 fully saturated rings. The number of ether oxygens (including phenoxy) is 1. The molecule has 3 rings (SSSR count). The number of fused-ring (bicyclic) bond motifs is 1. The van der Waals surface area contributed by atoms with Gasteiger partial charge in [-0.05, 0) is 30.3 Å². The normalized spacial score (nSPS) is 11.3. The number of esters is 1. The lowest BCUT2D eigenvalue weighted by Gasteiger charge is -2.08. The lowest BCUT2D eigenvalue weighted by molar-refractivity contribution is -0.146. The highest BCUT2D eigenvalue weighted by Gasteiger charge is 2.20. The molecule has 4 N–H and O–H groups in total. The molecule has 152 valence electrons. The number of carbonyl (C=O) groups is 2. The van der Waals surface area contributed by atoms with Gasteiger partial charge in [0.2, 0.25) is 10.0 Å². The molecule has 0 aliphatic rings. The molecule has 29 heavy (non-hydrogen) atoms. The Morgan fingerprint density at radius 3 is 2.55 bits per heavy atom. The third-order valence-electron chi connectivity index (χ3n) is 3.70. The molecule has 1 amide bonds. The maximum absolute atomic E-state index is 13.6. The Labute approximate surface area is 163 Å². The Kier molecular flexibility index (Phi) is 5.75. The Hall–Kier alpha value is -3.51. The van der Waals surface area contributed by atoms with Crippen molar-refractivity contribution < 1.29 is 27.1 Å². The van der Waals surface area contributed by atoms with Gasteiger partial charge in [-0.1, -0.05) is 12.1 Å². The van der Waals surface area contributed by atoms with Crippen molar-refractivity contribution in [3.8, 4) is 0 Å². The third-order valence-corrected chi connectivity index (χ3v) is 5.13. The third kappa shape index (κ3) is 5.06. The number of sulfonamides is 1. The second-order valence-electron chi connectivity index (χ2n) is 5.80. The van der Waals surface area contributed by atoms with Gasteiger partial charge in [-0.3, -0.25) is 9.59 Å². The number of carbonyl (C=O) groups excluding carboxylic acids is 2. The van der Waals surface area contributed by atoms with Gasteiger partial charge in [-0.25, -0.2) is 17.6 Å². The number of nitrogens with one attached hydrogen (secondary N) is 4. The number of halogens is 1. The number of aromatic amines is 2. The monoisotopic (exact) mass is 422 g/mol. The standard InChI is InChI=1S/C17H15FN4O6S/c18-11-3-1-2-4-14(11)29(26,27)19-8-16(24)28-9-15(23)20-10-5-6-12-13(7-10)22-17(25)21-12/h1-7,19H,8-9H2,(H,20,23)(H2,21,22,25). The smallest absolute Gasteiger partial charge is 0.323 e. The molecule has 0 bridgehead atoms. The van der Waals surface area contributed by atoms with Gasteiger partial charge in [0.05, 0.1) is 11.0 Å². The molecule has 0 aliphatic heterocycles. The molecule has 12 heteroatoms. The number of H-pyrrole nitrogens is 2. The molecule has 0 saturated carbocycles. The van der Waals surface area contributed by atoms with E-state index in [1.807, 2.05) is 4.72 Å². The van der Waals surface area contributed by atoms with Crippen LogP contribution in [0.3, 0.4) is 0 Å². The van der Waals surface area contributed by atoms with Crippen LogP contribution in [0.1, 0.15) is 0 Å². The fourth-order valence-corrected chi connectivity index (χ4v) is 3.44. The van der Waals surface area contributed by atoms with Crippen LogP contribution in [-0.2, 0) is 24.3 Å². The second kappa shape index (κ2) is 8.24. The number of rotatable bonds is 7. The highest BCUT2D eigenvalue weighted by Crippen LogP contribution is 2.14. The number of aromatic nitrogens is 2. The van der Waals surface area contributed by atoms with Gasteiger partial charge >= 0.3 is 11.7 Å². The van der Waals surface area contributed by atoms with Crippen LogP contribution < -0.4 is 15.7 Å². The molecule has 1 heterocycles. The minimum Gasteiger partial charge on any atom is -0.455 e. The molecule has 2 aromatic carbocycles. The largest absolute Gasteiger partial charge is 0.455 e. The molecule has 0 aliphatic carbocycles. The van der Waals surface area contributed by atoms with E-state index in [-0.39, 0.29) is 0 Å². The summed E-state index contributed by atoms with van der Waals surface area (Å²) in [5.74, 6) is -2.66. The molecule has 10 nitrogen and oxygen atoms in total. The van der Waals surface area contributed by atoms with Crippen LogP contribution in [0.5, 0.6) is 0 Å².